The van der Waals surface area contributed by atoms with Crippen molar-refractivity contribution in [1.82, 2.24) is 5.32 Å². The van der Waals surface area contributed by atoms with Crippen molar-refractivity contribution in [1.29, 1.82) is 0 Å². The van der Waals surface area contributed by atoms with Crippen LogP contribution < -0.4 is 5.32 Å². The van der Waals surface area contributed by atoms with Crippen LogP contribution in [0.2, 0.25) is 0 Å². The van der Waals surface area contributed by atoms with E-state index in [0.29, 0.717) is 6.61 Å². The van der Waals surface area contributed by atoms with Gasteiger partial charge in [0.1, 0.15) is 0 Å². The van der Waals surface area contributed by atoms with E-state index in [1.54, 1.807) is 0 Å². The third kappa shape index (κ3) is 2.10. The fourth-order valence-electron chi connectivity index (χ4n) is 1.18. The quantitative estimate of drug-likeness (QED) is 0.579. The fourth-order valence-corrected chi connectivity index (χ4v) is 1.18. The van der Waals surface area contributed by atoms with Crippen LogP contribution in [0.3, 0.4) is 0 Å². The predicted molar refractivity (Wildman–Crippen MR) is 42.3 cm³/mol. The number of nitrogens with one attached hydrogen (secondary N) is 1. The van der Waals surface area contributed by atoms with E-state index in [1.807, 2.05) is 0 Å². The Labute approximate surface area is 67.1 Å². The van der Waals surface area contributed by atoms with Gasteiger partial charge in [-0.3, -0.25) is 0 Å². The summed E-state index contributed by atoms with van der Waals surface area (Å²) in [5.41, 5.74) is 0.138. The third-order valence-electron chi connectivity index (χ3n) is 1.98. The van der Waals surface area contributed by atoms with Crippen LogP contribution in [-0.4, -0.2) is 18.7 Å². The summed E-state index contributed by atoms with van der Waals surface area (Å²) in [6.07, 6.45) is 0.631. The first kappa shape index (κ1) is 8.37. The van der Waals surface area contributed by atoms with Gasteiger partial charge in [0.25, 0.3) is 0 Å². The van der Waals surface area contributed by atoms with Gasteiger partial charge >= 0.3 is 6.09 Å². The Morgan fingerprint density at radius 2 is 2.18 bits per heavy atom. The minimum absolute atomic E-state index is 0.138. The number of carbonyl (C=O) groups excluding carboxylic acids is 1. The van der Waals surface area contributed by atoms with Gasteiger partial charge in [-0.2, -0.15) is 0 Å². The molecule has 0 aromatic heterocycles. The monoisotopic (exact) mass is 157 g/mol. The molecular weight excluding hydrogens is 142 g/mol. The molecule has 1 fully saturated rings. The number of rotatable bonds is 0. The van der Waals surface area contributed by atoms with E-state index in [9.17, 15) is 4.79 Å². The SMILES string of the molecule is CC(C)(C)C1CCOC(=O)N1. The van der Waals surface area contributed by atoms with E-state index < -0.39 is 0 Å². The lowest BCUT2D eigenvalue weighted by Gasteiger charge is -2.33. The van der Waals surface area contributed by atoms with E-state index in [-0.39, 0.29) is 17.6 Å². The smallest absolute Gasteiger partial charge is 0.407 e. The number of alkyl carbamates (subject to hydrolysis) is 1. The van der Waals surface area contributed by atoms with Crippen LogP contribution in [0.4, 0.5) is 4.79 Å². The normalized spacial score (nSPS) is 25.7. The Kier molecular flexibility index (Phi) is 2.07. The molecule has 0 aliphatic carbocycles. The van der Waals surface area contributed by atoms with Gasteiger partial charge < -0.3 is 10.1 Å². The van der Waals surface area contributed by atoms with Crippen molar-refractivity contribution in [3.8, 4) is 0 Å². The third-order valence-corrected chi connectivity index (χ3v) is 1.98. The van der Waals surface area contributed by atoms with Gasteiger partial charge in [-0.15, -0.1) is 0 Å². The Bertz CT molecular complexity index is 160. The lowest BCUT2D eigenvalue weighted by atomic mass is 9.85. The molecule has 1 saturated heterocycles. The van der Waals surface area contributed by atoms with Gasteiger partial charge in [-0.25, -0.2) is 4.79 Å². The highest BCUT2D eigenvalue weighted by molar-refractivity contribution is 5.68. The molecule has 0 radical (unpaired) electrons. The first-order valence-electron chi connectivity index (χ1n) is 3.93. The summed E-state index contributed by atoms with van der Waals surface area (Å²) >= 11 is 0. The van der Waals surface area contributed by atoms with Crippen LogP contribution in [0.5, 0.6) is 0 Å². The van der Waals surface area contributed by atoms with Crippen molar-refractivity contribution in [2.24, 2.45) is 5.41 Å². The van der Waals surface area contributed by atoms with Gasteiger partial charge in [0.15, 0.2) is 0 Å². The van der Waals surface area contributed by atoms with E-state index >= 15 is 0 Å². The molecule has 1 aliphatic heterocycles. The summed E-state index contributed by atoms with van der Waals surface area (Å²) in [6, 6.07) is 0.253. The zero-order chi connectivity index (χ0) is 8.48. The van der Waals surface area contributed by atoms with E-state index in [4.69, 9.17) is 4.74 Å². The van der Waals surface area contributed by atoms with E-state index in [2.05, 4.69) is 26.1 Å². The van der Waals surface area contributed by atoms with Crippen molar-refractivity contribution < 1.29 is 9.53 Å². The largest absolute Gasteiger partial charge is 0.449 e. The molecule has 0 aromatic carbocycles. The lowest BCUT2D eigenvalue weighted by molar-refractivity contribution is 0.0909. The Hall–Kier alpha value is -0.730. The highest BCUT2D eigenvalue weighted by Gasteiger charge is 2.29. The molecule has 1 atom stereocenters. The van der Waals surface area contributed by atoms with E-state index in [1.165, 1.54) is 0 Å². The summed E-state index contributed by atoms with van der Waals surface area (Å²) in [7, 11) is 0. The molecule has 0 bridgehead atoms. The number of hydrogen-bond acceptors (Lipinski definition) is 2. The summed E-state index contributed by atoms with van der Waals surface area (Å²) in [5, 5.41) is 2.80. The summed E-state index contributed by atoms with van der Waals surface area (Å²) in [5.74, 6) is 0. The minimum atomic E-state index is -0.281. The molecule has 1 rings (SSSR count). The van der Waals surface area contributed by atoms with Crippen molar-refractivity contribution in [2.45, 2.75) is 33.2 Å². The van der Waals surface area contributed by atoms with Crippen LogP contribution in [0, 0.1) is 5.41 Å². The average molecular weight is 157 g/mol. The van der Waals surface area contributed by atoms with Crippen molar-refractivity contribution in [3.05, 3.63) is 0 Å². The molecule has 1 aliphatic rings. The molecule has 64 valence electrons. The van der Waals surface area contributed by atoms with Gasteiger partial charge in [-0.05, 0) is 5.41 Å². The Balaban J connectivity index is 2.53. The topological polar surface area (TPSA) is 38.3 Å². The molecular formula is C8H15NO2. The Morgan fingerprint density at radius 1 is 1.55 bits per heavy atom. The summed E-state index contributed by atoms with van der Waals surface area (Å²) < 4.78 is 4.75. The second-order valence-electron chi connectivity index (χ2n) is 3.99. The highest BCUT2D eigenvalue weighted by Crippen LogP contribution is 2.23. The van der Waals surface area contributed by atoms with Gasteiger partial charge in [0.05, 0.1) is 6.61 Å². The molecule has 3 nitrogen and oxygen atoms in total. The molecule has 3 heteroatoms. The van der Waals surface area contributed by atoms with Crippen LogP contribution in [0.15, 0.2) is 0 Å². The van der Waals surface area contributed by atoms with Gasteiger partial charge in [0, 0.05) is 12.5 Å². The molecule has 1 N–H and O–H groups in total. The molecule has 1 unspecified atom stereocenters. The summed E-state index contributed by atoms with van der Waals surface area (Å²) in [4.78, 5) is 10.8. The average Bonchev–Trinajstić information content (AvgIpc) is 1.86. The molecule has 0 spiro atoms. The zero-order valence-corrected chi connectivity index (χ0v) is 7.31. The molecule has 1 amide bonds. The molecule has 0 aromatic rings. The number of carbonyl (C=O) groups is 1. The minimum Gasteiger partial charge on any atom is -0.449 e. The molecule has 1 heterocycles. The van der Waals surface area contributed by atoms with Crippen molar-refractivity contribution in [3.63, 3.8) is 0 Å². The van der Waals surface area contributed by atoms with E-state index in [0.717, 1.165) is 6.42 Å². The van der Waals surface area contributed by atoms with Crippen LogP contribution in [-0.2, 0) is 4.74 Å². The summed E-state index contributed by atoms with van der Waals surface area (Å²) in [6.45, 7) is 6.89. The van der Waals surface area contributed by atoms with Crippen LogP contribution in [0.1, 0.15) is 27.2 Å². The number of ether oxygens (including phenoxy) is 1. The predicted octanol–water partition coefficient (Wildman–Crippen LogP) is 1.53. The standard InChI is InChI=1S/C8H15NO2/c1-8(2,3)6-4-5-11-7(10)9-6/h6H,4-5H2,1-3H3,(H,9,10). The van der Waals surface area contributed by atoms with Gasteiger partial charge in [-0.1, -0.05) is 20.8 Å². The van der Waals surface area contributed by atoms with Crippen molar-refractivity contribution in [2.75, 3.05) is 6.61 Å². The maximum absolute atomic E-state index is 10.8. The lowest BCUT2D eigenvalue weighted by Crippen LogP contribution is -2.48. The second-order valence-corrected chi connectivity index (χ2v) is 3.99. The first-order valence-corrected chi connectivity index (χ1v) is 3.93. The van der Waals surface area contributed by atoms with Crippen LogP contribution >= 0.6 is 0 Å². The maximum atomic E-state index is 10.8. The molecule has 11 heavy (non-hydrogen) atoms. The number of cyclic esters (lactones) is 1. The second kappa shape index (κ2) is 2.72. The molecule has 0 saturated carbocycles. The number of hydrogen-bond donors (Lipinski definition) is 1. The Morgan fingerprint density at radius 3 is 2.55 bits per heavy atom. The highest BCUT2D eigenvalue weighted by atomic mass is 16.5. The van der Waals surface area contributed by atoms with Gasteiger partial charge in [0.2, 0.25) is 0 Å². The maximum Gasteiger partial charge on any atom is 0.407 e. The fraction of sp³-hybridized carbons (Fsp3) is 0.875. The first-order chi connectivity index (χ1) is 5.00. The number of amides is 1. The van der Waals surface area contributed by atoms with Crippen molar-refractivity contribution >= 4 is 6.09 Å². The van der Waals surface area contributed by atoms with Crippen LogP contribution in [0.25, 0.3) is 0 Å². The zero-order valence-electron chi connectivity index (χ0n) is 7.31.